The predicted octanol–water partition coefficient (Wildman–Crippen LogP) is 1.43. The van der Waals surface area contributed by atoms with Gasteiger partial charge in [0.15, 0.2) is 0 Å². The monoisotopic (exact) mass is 197 g/mol. The number of hydrogen-bond acceptors (Lipinski definition) is 3. The van der Waals surface area contributed by atoms with Crippen molar-refractivity contribution < 1.29 is 9.47 Å². The number of nitrogens with two attached hydrogens (primary N) is 1. The van der Waals surface area contributed by atoms with Gasteiger partial charge in [0.25, 0.3) is 0 Å². The quantitative estimate of drug-likeness (QED) is 0.744. The molecule has 0 aromatic heterocycles. The first-order valence-corrected chi connectivity index (χ1v) is 5.50. The molecule has 2 rings (SSSR count). The van der Waals surface area contributed by atoms with Crippen molar-refractivity contribution in [1.82, 2.24) is 0 Å². The van der Waals surface area contributed by atoms with Crippen molar-refractivity contribution in [2.24, 2.45) is 11.7 Å². The second-order valence-corrected chi connectivity index (χ2v) is 4.11. The van der Waals surface area contributed by atoms with Crippen LogP contribution in [0.2, 0.25) is 0 Å². The third kappa shape index (κ3) is 1.79. The molecule has 80 valence electrons. The minimum absolute atomic E-state index is 0.143. The molecule has 1 saturated heterocycles. The summed E-state index contributed by atoms with van der Waals surface area (Å²) < 4.78 is 10.9. The van der Waals surface area contributed by atoms with E-state index in [1.54, 1.807) is 0 Å². The first-order chi connectivity index (χ1) is 6.83. The van der Waals surface area contributed by atoms with E-state index in [2.05, 4.69) is 6.92 Å². The summed E-state index contributed by atoms with van der Waals surface area (Å²) in [4.78, 5) is 0. The van der Waals surface area contributed by atoms with Crippen molar-refractivity contribution in [3.63, 3.8) is 0 Å². The van der Waals surface area contributed by atoms with Crippen LogP contribution in [0.25, 0.3) is 0 Å². The number of ether oxygens (including phenoxy) is 2. The van der Waals surface area contributed by atoms with Gasteiger partial charge in [-0.15, -0.1) is 0 Å². The van der Waals surface area contributed by atoms with E-state index in [4.69, 9.17) is 15.2 Å². The summed E-state index contributed by atoms with van der Waals surface area (Å²) in [6, 6.07) is 0.143. The number of rotatable bonds is 3. The van der Waals surface area contributed by atoms with Crippen LogP contribution in [0.1, 0.15) is 26.2 Å². The van der Waals surface area contributed by atoms with Crippen LogP contribution in [0, 0.1) is 5.92 Å². The van der Waals surface area contributed by atoms with Gasteiger partial charge in [-0.2, -0.15) is 0 Å². The van der Waals surface area contributed by atoms with Crippen LogP contribution in [0.3, 0.4) is 0 Å². The minimum atomic E-state index is 0.143. The van der Waals surface area contributed by atoms with E-state index in [1.807, 2.05) is 6.26 Å². The molecule has 0 spiro atoms. The smallest absolute Gasteiger partial charge is 0.0912 e. The average molecular weight is 197 g/mol. The van der Waals surface area contributed by atoms with Gasteiger partial charge in [0.2, 0.25) is 0 Å². The average Bonchev–Trinajstić information content (AvgIpc) is 2.87. The molecular formula is C11H19NO2. The molecule has 3 unspecified atom stereocenters. The fraction of sp³-hybridized carbons (Fsp3) is 0.818. The maximum atomic E-state index is 6.22. The highest BCUT2D eigenvalue weighted by molar-refractivity contribution is 5.13. The zero-order valence-electron chi connectivity index (χ0n) is 8.74. The highest BCUT2D eigenvalue weighted by atomic mass is 16.5. The zero-order valence-corrected chi connectivity index (χ0v) is 8.74. The fourth-order valence-electron chi connectivity index (χ4n) is 2.42. The molecule has 2 heterocycles. The molecule has 0 aliphatic carbocycles. The van der Waals surface area contributed by atoms with Gasteiger partial charge in [-0.25, -0.2) is 0 Å². The molecule has 14 heavy (non-hydrogen) atoms. The summed E-state index contributed by atoms with van der Waals surface area (Å²) in [5, 5.41) is 0. The molecule has 1 fully saturated rings. The lowest BCUT2D eigenvalue weighted by Gasteiger charge is -2.23. The van der Waals surface area contributed by atoms with Gasteiger partial charge in [0.05, 0.1) is 19.0 Å². The molecule has 0 saturated carbocycles. The van der Waals surface area contributed by atoms with Gasteiger partial charge >= 0.3 is 0 Å². The van der Waals surface area contributed by atoms with Crippen LogP contribution in [-0.2, 0) is 9.47 Å². The van der Waals surface area contributed by atoms with Crippen molar-refractivity contribution in [3.05, 3.63) is 11.8 Å². The van der Waals surface area contributed by atoms with Crippen molar-refractivity contribution >= 4 is 0 Å². The van der Waals surface area contributed by atoms with Gasteiger partial charge in [-0.05, 0) is 18.4 Å². The molecule has 3 nitrogen and oxygen atoms in total. The van der Waals surface area contributed by atoms with Crippen LogP contribution in [-0.4, -0.2) is 25.4 Å². The maximum Gasteiger partial charge on any atom is 0.0912 e. The second-order valence-electron chi connectivity index (χ2n) is 4.11. The molecule has 0 amide bonds. The van der Waals surface area contributed by atoms with E-state index in [1.165, 1.54) is 5.57 Å². The third-order valence-electron chi connectivity index (χ3n) is 3.30. The normalized spacial score (nSPS) is 34.0. The summed E-state index contributed by atoms with van der Waals surface area (Å²) in [5.74, 6) is 0.493. The summed E-state index contributed by atoms with van der Waals surface area (Å²) in [6.07, 6.45) is 5.35. The Morgan fingerprint density at radius 2 is 2.43 bits per heavy atom. The molecule has 2 aliphatic heterocycles. The standard InChI is InChI=1S/C11H19NO2/c1-2-10-9(4-6-14-10)11(12)8-3-5-13-7-8/h7,9-11H,2-6,12H2,1H3. The van der Waals surface area contributed by atoms with E-state index < -0.39 is 0 Å². The largest absolute Gasteiger partial charge is 0.501 e. The zero-order chi connectivity index (χ0) is 9.97. The summed E-state index contributed by atoms with van der Waals surface area (Å²) in [6.45, 7) is 3.83. The lowest BCUT2D eigenvalue weighted by atomic mass is 9.87. The Kier molecular flexibility index (Phi) is 3.08. The van der Waals surface area contributed by atoms with Gasteiger partial charge < -0.3 is 15.2 Å². The lowest BCUT2D eigenvalue weighted by Crippen LogP contribution is -2.36. The van der Waals surface area contributed by atoms with Crippen LogP contribution < -0.4 is 5.73 Å². The van der Waals surface area contributed by atoms with Crippen LogP contribution in [0.15, 0.2) is 11.8 Å². The van der Waals surface area contributed by atoms with Gasteiger partial charge in [0.1, 0.15) is 0 Å². The van der Waals surface area contributed by atoms with Gasteiger partial charge in [0, 0.05) is 25.0 Å². The first-order valence-electron chi connectivity index (χ1n) is 5.50. The summed E-state index contributed by atoms with van der Waals surface area (Å²) in [5.41, 5.74) is 7.48. The van der Waals surface area contributed by atoms with Crippen molar-refractivity contribution in [2.45, 2.75) is 38.3 Å². The number of hydrogen-bond donors (Lipinski definition) is 1. The molecule has 2 N–H and O–H groups in total. The highest BCUT2D eigenvalue weighted by Crippen LogP contribution is 2.30. The molecule has 3 atom stereocenters. The topological polar surface area (TPSA) is 44.5 Å². The Bertz CT molecular complexity index is 227. The van der Waals surface area contributed by atoms with E-state index in [0.29, 0.717) is 12.0 Å². The van der Waals surface area contributed by atoms with E-state index >= 15 is 0 Å². The SMILES string of the molecule is CCC1OCCC1C(N)C1=COCC1. The molecule has 3 heteroatoms. The predicted molar refractivity (Wildman–Crippen MR) is 54.8 cm³/mol. The summed E-state index contributed by atoms with van der Waals surface area (Å²) >= 11 is 0. The minimum Gasteiger partial charge on any atom is -0.501 e. The molecule has 0 radical (unpaired) electrons. The Hall–Kier alpha value is -0.540. The Morgan fingerprint density at radius 1 is 1.57 bits per heavy atom. The molecular weight excluding hydrogens is 178 g/mol. The Balaban J connectivity index is 1.99. The lowest BCUT2D eigenvalue weighted by molar-refractivity contribution is 0.0839. The molecule has 0 aromatic carbocycles. The van der Waals surface area contributed by atoms with Crippen LogP contribution in [0.5, 0.6) is 0 Å². The fourth-order valence-corrected chi connectivity index (χ4v) is 2.42. The van der Waals surface area contributed by atoms with E-state index in [-0.39, 0.29) is 6.04 Å². The van der Waals surface area contributed by atoms with E-state index in [9.17, 15) is 0 Å². The highest BCUT2D eigenvalue weighted by Gasteiger charge is 2.34. The van der Waals surface area contributed by atoms with Crippen molar-refractivity contribution in [2.75, 3.05) is 13.2 Å². The third-order valence-corrected chi connectivity index (χ3v) is 3.30. The summed E-state index contributed by atoms with van der Waals surface area (Å²) in [7, 11) is 0. The Morgan fingerprint density at radius 3 is 3.07 bits per heavy atom. The van der Waals surface area contributed by atoms with E-state index in [0.717, 1.165) is 32.5 Å². The Labute approximate surface area is 85.3 Å². The molecule has 2 aliphatic rings. The first kappa shape index (κ1) is 9.99. The van der Waals surface area contributed by atoms with Crippen molar-refractivity contribution in [3.8, 4) is 0 Å². The van der Waals surface area contributed by atoms with Gasteiger partial charge in [-0.1, -0.05) is 6.92 Å². The van der Waals surface area contributed by atoms with Crippen LogP contribution in [0.4, 0.5) is 0 Å². The van der Waals surface area contributed by atoms with Crippen LogP contribution >= 0.6 is 0 Å². The van der Waals surface area contributed by atoms with Gasteiger partial charge in [-0.3, -0.25) is 0 Å². The molecule has 0 bridgehead atoms. The maximum absolute atomic E-state index is 6.22. The van der Waals surface area contributed by atoms with Crippen molar-refractivity contribution in [1.29, 1.82) is 0 Å². The second kappa shape index (κ2) is 4.32. The molecule has 0 aromatic rings.